The second kappa shape index (κ2) is 4.25. The molecule has 0 aromatic heterocycles. The maximum absolute atomic E-state index is 11.1. The lowest BCUT2D eigenvalue weighted by molar-refractivity contribution is -0.144. The van der Waals surface area contributed by atoms with Gasteiger partial charge in [-0.2, -0.15) is 0 Å². The van der Waals surface area contributed by atoms with Crippen LogP contribution in [0.5, 0.6) is 0 Å². The topological polar surface area (TPSA) is 46.6 Å². The zero-order chi connectivity index (χ0) is 9.84. The predicted molar refractivity (Wildman–Crippen MR) is 47.0 cm³/mol. The predicted octanol–water partition coefficient (Wildman–Crippen LogP) is 0.560. The molecule has 4 heteroatoms. The maximum atomic E-state index is 11.1. The number of carbonyl (C=O) groups excluding carboxylic acids is 2. The minimum absolute atomic E-state index is 0.0645. The van der Waals surface area contributed by atoms with Crippen molar-refractivity contribution in [3.63, 3.8) is 0 Å². The molecule has 4 nitrogen and oxygen atoms in total. The Morgan fingerprint density at radius 2 is 2.15 bits per heavy atom. The first kappa shape index (κ1) is 10.0. The molecule has 0 aliphatic carbocycles. The molecule has 74 valence electrons. The molecule has 0 bridgehead atoms. The maximum Gasteiger partial charge on any atom is 0.302 e. The van der Waals surface area contributed by atoms with Gasteiger partial charge in [0, 0.05) is 20.4 Å². The van der Waals surface area contributed by atoms with Gasteiger partial charge >= 0.3 is 5.97 Å². The van der Waals surface area contributed by atoms with Gasteiger partial charge in [0.1, 0.15) is 6.61 Å². The summed E-state index contributed by atoms with van der Waals surface area (Å²) in [6, 6.07) is 0.0985. The monoisotopic (exact) mass is 185 g/mol. The fourth-order valence-corrected chi connectivity index (χ4v) is 1.64. The van der Waals surface area contributed by atoms with Gasteiger partial charge in [-0.25, -0.2) is 0 Å². The largest absolute Gasteiger partial charge is 0.464 e. The minimum atomic E-state index is -0.282. The summed E-state index contributed by atoms with van der Waals surface area (Å²) in [7, 11) is 0. The quantitative estimate of drug-likeness (QED) is 0.590. The summed E-state index contributed by atoms with van der Waals surface area (Å²) in [5, 5.41) is 0. The Balaban J connectivity index is 2.39. The molecule has 0 aromatic rings. The molecule has 0 aromatic carbocycles. The van der Waals surface area contributed by atoms with E-state index in [0.29, 0.717) is 6.61 Å². The van der Waals surface area contributed by atoms with Crippen LogP contribution < -0.4 is 0 Å². The van der Waals surface area contributed by atoms with E-state index in [1.807, 2.05) is 0 Å². The van der Waals surface area contributed by atoms with Gasteiger partial charge in [0.05, 0.1) is 6.04 Å². The molecule has 0 saturated carbocycles. The third kappa shape index (κ3) is 2.72. The minimum Gasteiger partial charge on any atom is -0.464 e. The van der Waals surface area contributed by atoms with Crippen molar-refractivity contribution in [3.8, 4) is 0 Å². The van der Waals surface area contributed by atoms with Crippen molar-refractivity contribution in [3.05, 3.63) is 0 Å². The van der Waals surface area contributed by atoms with Gasteiger partial charge in [-0.05, 0) is 12.8 Å². The molecule has 1 aliphatic rings. The van der Waals surface area contributed by atoms with E-state index in [4.69, 9.17) is 4.74 Å². The second-order valence-electron chi connectivity index (χ2n) is 3.31. The highest BCUT2D eigenvalue weighted by Crippen LogP contribution is 2.17. The lowest BCUT2D eigenvalue weighted by atomic mass is 10.2. The van der Waals surface area contributed by atoms with E-state index in [1.54, 1.807) is 11.8 Å². The summed E-state index contributed by atoms with van der Waals surface area (Å²) in [6.45, 7) is 4.06. The number of ether oxygens (including phenoxy) is 1. The number of nitrogens with zero attached hydrogens (tertiary/aromatic N) is 1. The Kier molecular flexibility index (Phi) is 3.28. The second-order valence-corrected chi connectivity index (χ2v) is 3.31. The van der Waals surface area contributed by atoms with E-state index < -0.39 is 0 Å². The summed E-state index contributed by atoms with van der Waals surface area (Å²) in [4.78, 5) is 23.4. The Labute approximate surface area is 77.8 Å². The van der Waals surface area contributed by atoms with Crippen molar-refractivity contribution < 1.29 is 14.3 Å². The van der Waals surface area contributed by atoms with E-state index >= 15 is 0 Å². The van der Waals surface area contributed by atoms with Crippen LogP contribution in [-0.2, 0) is 14.3 Å². The summed E-state index contributed by atoms with van der Waals surface area (Å²) < 4.78 is 4.87. The smallest absolute Gasteiger partial charge is 0.302 e. The number of rotatable bonds is 2. The summed E-state index contributed by atoms with van der Waals surface area (Å²) in [6.07, 6.45) is 1.94. The molecule has 0 radical (unpaired) electrons. The van der Waals surface area contributed by atoms with Crippen LogP contribution in [0.15, 0.2) is 0 Å². The molecule has 1 heterocycles. The van der Waals surface area contributed by atoms with Crippen molar-refractivity contribution in [2.24, 2.45) is 0 Å². The zero-order valence-electron chi connectivity index (χ0n) is 8.08. The SMILES string of the molecule is CC(=O)OC[C@H]1CCCN1C(C)=O. The third-order valence-electron chi connectivity index (χ3n) is 2.26. The number of esters is 1. The van der Waals surface area contributed by atoms with Crippen LogP contribution in [0.25, 0.3) is 0 Å². The lowest BCUT2D eigenvalue weighted by Gasteiger charge is -2.22. The number of hydrogen-bond acceptors (Lipinski definition) is 3. The van der Waals surface area contributed by atoms with Gasteiger partial charge in [0.15, 0.2) is 0 Å². The molecule has 1 aliphatic heterocycles. The van der Waals surface area contributed by atoms with Crippen molar-refractivity contribution >= 4 is 11.9 Å². The highest BCUT2D eigenvalue weighted by Gasteiger charge is 2.26. The van der Waals surface area contributed by atoms with Gasteiger partial charge in [-0.1, -0.05) is 0 Å². The number of amides is 1. The van der Waals surface area contributed by atoms with Crippen LogP contribution in [0.4, 0.5) is 0 Å². The molecule has 0 spiro atoms. The van der Waals surface area contributed by atoms with Crippen molar-refractivity contribution in [1.29, 1.82) is 0 Å². The number of likely N-dealkylation sites (tertiary alicyclic amines) is 1. The van der Waals surface area contributed by atoms with Crippen LogP contribution in [0.1, 0.15) is 26.7 Å². The number of carbonyl (C=O) groups is 2. The average molecular weight is 185 g/mol. The molecule has 1 amide bonds. The molecular weight excluding hydrogens is 170 g/mol. The van der Waals surface area contributed by atoms with E-state index in [0.717, 1.165) is 19.4 Å². The fourth-order valence-electron chi connectivity index (χ4n) is 1.64. The molecule has 1 saturated heterocycles. The van der Waals surface area contributed by atoms with Gasteiger partial charge in [0.25, 0.3) is 0 Å². The first-order chi connectivity index (χ1) is 6.11. The van der Waals surface area contributed by atoms with Crippen LogP contribution in [-0.4, -0.2) is 36.0 Å². The standard InChI is InChI=1S/C9H15NO3/c1-7(11)10-5-3-4-9(10)6-13-8(2)12/h9H,3-6H2,1-2H3/t9-/m1/s1. The summed E-state index contributed by atoms with van der Waals surface area (Å²) in [5.41, 5.74) is 0. The molecule has 1 rings (SSSR count). The summed E-state index contributed by atoms with van der Waals surface area (Å²) >= 11 is 0. The van der Waals surface area contributed by atoms with E-state index in [9.17, 15) is 9.59 Å². The van der Waals surface area contributed by atoms with Crippen molar-refractivity contribution in [1.82, 2.24) is 4.90 Å². The normalized spacial score (nSPS) is 21.7. The molecule has 0 unspecified atom stereocenters. The van der Waals surface area contributed by atoms with Gasteiger partial charge < -0.3 is 9.64 Å². The van der Waals surface area contributed by atoms with Crippen LogP contribution in [0.3, 0.4) is 0 Å². The highest BCUT2D eigenvalue weighted by atomic mass is 16.5. The Hall–Kier alpha value is -1.06. The van der Waals surface area contributed by atoms with Crippen molar-refractivity contribution in [2.75, 3.05) is 13.2 Å². The average Bonchev–Trinajstić information content (AvgIpc) is 2.47. The van der Waals surface area contributed by atoms with Crippen LogP contribution in [0.2, 0.25) is 0 Å². The van der Waals surface area contributed by atoms with E-state index in [2.05, 4.69) is 0 Å². The Morgan fingerprint density at radius 1 is 1.46 bits per heavy atom. The third-order valence-corrected chi connectivity index (χ3v) is 2.26. The van der Waals surface area contributed by atoms with Crippen molar-refractivity contribution in [2.45, 2.75) is 32.7 Å². The molecule has 1 atom stereocenters. The molecule has 1 fully saturated rings. The highest BCUT2D eigenvalue weighted by molar-refractivity contribution is 5.74. The first-order valence-corrected chi connectivity index (χ1v) is 4.52. The van der Waals surface area contributed by atoms with Gasteiger partial charge in [0.2, 0.25) is 5.91 Å². The molecular formula is C9H15NO3. The van der Waals surface area contributed by atoms with Gasteiger partial charge in [-0.15, -0.1) is 0 Å². The number of hydrogen-bond donors (Lipinski definition) is 0. The van der Waals surface area contributed by atoms with E-state index in [-0.39, 0.29) is 17.9 Å². The zero-order valence-corrected chi connectivity index (χ0v) is 8.08. The molecule has 13 heavy (non-hydrogen) atoms. The van der Waals surface area contributed by atoms with E-state index in [1.165, 1.54) is 6.92 Å². The van der Waals surface area contributed by atoms with Gasteiger partial charge in [-0.3, -0.25) is 9.59 Å². The lowest BCUT2D eigenvalue weighted by Crippen LogP contribution is -2.37. The first-order valence-electron chi connectivity index (χ1n) is 4.52. The Morgan fingerprint density at radius 3 is 2.69 bits per heavy atom. The molecule has 0 N–H and O–H groups in total. The van der Waals surface area contributed by atoms with Crippen LogP contribution >= 0.6 is 0 Å². The fraction of sp³-hybridized carbons (Fsp3) is 0.778. The van der Waals surface area contributed by atoms with Crippen LogP contribution in [0, 0.1) is 0 Å². The summed E-state index contributed by atoms with van der Waals surface area (Å²) in [5.74, 6) is -0.218. The Bertz CT molecular complexity index is 215.